The molecule has 2 heterocycles. The maximum absolute atomic E-state index is 14.8. The topological polar surface area (TPSA) is 32.3 Å². The molecule has 0 spiro atoms. The molecule has 44 heavy (non-hydrogen) atoms. The molecule has 0 fully saturated rings. The van der Waals surface area contributed by atoms with Crippen LogP contribution in [0.15, 0.2) is 146 Å². The molecule has 0 saturated carbocycles. The third kappa shape index (κ3) is 4.27. The van der Waals surface area contributed by atoms with Gasteiger partial charge in [-0.1, -0.05) is 48.5 Å². The Hall–Kier alpha value is -5.88. The van der Waals surface area contributed by atoms with Gasteiger partial charge in [0.25, 0.3) is 0 Å². The van der Waals surface area contributed by atoms with Crippen LogP contribution in [0.2, 0.25) is 0 Å². The van der Waals surface area contributed by atoms with Gasteiger partial charge >= 0.3 is 0 Å². The van der Waals surface area contributed by atoms with Crippen LogP contribution in [0.4, 0.5) is 43.2 Å². The Balaban J connectivity index is 1.46. The van der Waals surface area contributed by atoms with Crippen LogP contribution in [-0.4, -0.2) is 9.97 Å². The highest BCUT2D eigenvalue weighted by molar-refractivity contribution is 6.28. The van der Waals surface area contributed by atoms with Gasteiger partial charge in [-0.2, -0.15) is 0 Å². The molecule has 6 heteroatoms. The second kappa shape index (κ2) is 10.4. The summed E-state index contributed by atoms with van der Waals surface area (Å²) in [4.78, 5) is 11.9. The van der Waals surface area contributed by atoms with E-state index in [0.29, 0.717) is 22.1 Å². The lowest BCUT2D eigenvalue weighted by Gasteiger charge is -2.28. The molecule has 2 aromatic heterocycles. The lowest BCUT2D eigenvalue weighted by Crippen LogP contribution is -2.13. The van der Waals surface area contributed by atoms with Gasteiger partial charge in [0, 0.05) is 34.5 Å². The first-order valence-electron chi connectivity index (χ1n) is 17.7. The third-order valence-corrected chi connectivity index (χ3v) is 7.47. The third-order valence-electron chi connectivity index (χ3n) is 7.47. The van der Waals surface area contributed by atoms with Gasteiger partial charge in [0.1, 0.15) is 23.3 Å². The predicted octanol–water partition coefficient (Wildman–Crippen LogP) is 10.6. The molecule has 0 N–H and O–H groups in total. The minimum atomic E-state index is -1.26. The summed E-state index contributed by atoms with van der Waals surface area (Å²) in [6, 6.07) is 19.3. The summed E-state index contributed by atoms with van der Waals surface area (Å²) in [6.45, 7) is 0. The van der Waals surface area contributed by atoms with Gasteiger partial charge < -0.3 is 0 Å². The van der Waals surface area contributed by atoms with Crippen molar-refractivity contribution in [1.82, 2.24) is 9.97 Å². The summed E-state index contributed by atoms with van der Waals surface area (Å²) in [7, 11) is 0. The minimum Gasteiger partial charge on any atom is -0.294 e. The van der Waals surface area contributed by atoms with Crippen molar-refractivity contribution in [2.75, 3.05) is 9.80 Å². The highest BCUT2D eigenvalue weighted by atomic mass is 19.1. The van der Waals surface area contributed by atoms with E-state index in [2.05, 4.69) is 9.97 Å². The number of aromatic nitrogens is 2. The van der Waals surface area contributed by atoms with Gasteiger partial charge in [-0.05, 0) is 106 Å². The molecule has 210 valence electrons. The van der Waals surface area contributed by atoms with Crippen LogP contribution in [0.3, 0.4) is 0 Å². The zero-order valence-corrected chi connectivity index (χ0v) is 22.8. The van der Waals surface area contributed by atoms with Crippen LogP contribution in [0.25, 0.3) is 32.3 Å². The molecular weight excluding hydrogens is 550 g/mol. The monoisotopic (exact) mass is 582 g/mol. The van der Waals surface area contributed by atoms with Crippen molar-refractivity contribution in [3.05, 3.63) is 157 Å². The largest absolute Gasteiger partial charge is 0.294 e. The SMILES string of the molecule is [2H]c1c([2H])c(N(c2ccccn2)c2ccc3ccc4c(N(c5ccccn5)c5c([2H])c([2H])c(F)c([2H])c5[2H])ccc5ccc2c3c54)c([2H])c([2H])c1F. The number of nitrogens with zero attached hydrogens (tertiary/aromatic N) is 4. The van der Waals surface area contributed by atoms with Crippen LogP contribution in [0, 0.1) is 11.6 Å². The lowest BCUT2D eigenvalue weighted by molar-refractivity contribution is 0.627. The molecule has 4 nitrogen and oxygen atoms in total. The summed E-state index contributed by atoms with van der Waals surface area (Å²) in [5.41, 5.74) is 0.509. The van der Waals surface area contributed by atoms with E-state index in [1.165, 1.54) is 22.2 Å². The average molecular weight is 583 g/mol. The van der Waals surface area contributed by atoms with E-state index in [4.69, 9.17) is 11.0 Å². The number of anilines is 6. The minimum absolute atomic E-state index is 0.188. The molecule has 0 amide bonds. The number of rotatable bonds is 6. The van der Waals surface area contributed by atoms with E-state index in [1.54, 1.807) is 48.5 Å². The maximum atomic E-state index is 14.8. The first-order chi connectivity index (χ1) is 25.0. The van der Waals surface area contributed by atoms with E-state index in [9.17, 15) is 8.78 Å². The molecule has 8 rings (SSSR count). The number of halogens is 2. The molecule has 0 aliphatic rings. The highest BCUT2D eigenvalue weighted by Gasteiger charge is 2.22. The molecule has 0 unspecified atom stereocenters. The van der Waals surface area contributed by atoms with Gasteiger partial charge in [0.2, 0.25) is 0 Å². The zero-order valence-electron chi connectivity index (χ0n) is 30.8. The Morgan fingerprint density at radius 3 is 1.27 bits per heavy atom. The Bertz CT molecular complexity index is 2470. The van der Waals surface area contributed by atoms with Crippen molar-refractivity contribution in [2.45, 2.75) is 0 Å². The quantitative estimate of drug-likeness (QED) is 0.183. The first-order valence-corrected chi connectivity index (χ1v) is 13.7. The van der Waals surface area contributed by atoms with Crippen LogP contribution in [-0.2, 0) is 0 Å². The van der Waals surface area contributed by atoms with Crippen LogP contribution >= 0.6 is 0 Å². The van der Waals surface area contributed by atoms with Crippen LogP contribution in [0.1, 0.15) is 11.0 Å². The summed E-state index contributed by atoms with van der Waals surface area (Å²) in [5.74, 6) is -1.98. The van der Waals surface area contributed by atoms with Gasteiger partial charge in [-0.15, -0.1) is 0 Å². The Morgan fingerprint density at radius 1 is 0.477 bits per heavy atom. The zero-order chi connectivity index (χ0) is 36.6. The standard InChI is InChI=1S/C38H24F2N4/c39-27-11-15-29(16-12-27)43(35-5-1-3-23-41-35)33-21-9-25-8-20-32-34(22-10-26-7-19-31(33)37(25)38(26)32)44(36-6-2-4-24-42-36)30-17-13-28(40)14-18-30/h1-24H/i11D,12D,13D,14D,15D,16D,17D,18D. The predicted molar refractivity (Wildman–Crippen MR) is 175 cm³/mol. The summed E-state index contributed by atoms with van der Waals surface area (Å²) in [6.07, 6.45) is 3.05. The smallest absolute Gasteiger partial charge is 0.137 e. The summed E-state index contributed by atoms with van der Waals surface area (Å²) < 4.78 is 97.5. The lowest BCUT2D eigenvalue weighted by atomic mass is 9.92. The average Bonchev–Trinajstić information content (AvgIpc) is 3.18. The number of hydrogen-bond acceptors (Lipinski definition) is 4. The fourth-order valence-corrected chi connectivity index (χ4v) is 5.65. The number of pyridine rings is 2. The second-order valence-electron chi connectivity index (χ2n) is 9.96. The maximum Gasteiger partial charge on any atom is 0.137 e. The normalized spacial score (nSPS) is 14.0. The van der Waals surface area contributed by atoms with Gasteiger partial charge in [0.05, 0.1) is 22.3 Å². The molecule has 0 atom stereocenters. The van der Waals surface area contributed by atoms with Gasteiger partial charge in [-0.3, -0.25) is 9.80 Å². The van der Waals surface area contributed by atoms with E-state index < -0.39 is 60.0 Å². The summed E-state index contributed by atoms with van der Waals surface area (Å²) >= 11 is 0. The Labute approximate surface area is 263 Å². The fourth-order valence-electron chi connectivity index (χ4n) is 5.65. The van der Waals surface area contributed by atoms with Crippen molar-refractivity contribution in [1.29, 1.82) is 0 Å². The molecule has 0 aliphatic heterocycles. The van der Waals surface area contributed by atoms with Crippen molar-refractivity contribution in [3.8, 4) is 0 Å². The Kier molecular flexibility index (Phi) is 4.42. The van der Waals surface area contributed by atoms with E-state index >= 15 is 0 Å². The summed E-state index contributed by atoms with van der Waals surface area (Å²) in [5, 5.41) is 4.37. The highest BCUT2D eigenvalue weighted by Crippen LogP contribution is 2.46. The molecule has 0 saturated heterocycles. The van der Waals surface area contributed by atoms with Gasteiger partial charge in [-0.25, -0.2) is 18.7 Å². The first kappa shape index (κ1) is 18.6. The van der Waals surface area contributed by atoms with Crippen molar-refractivity contribution >= 4 is 66.7 Å². The molecular formula is C38H24F2N4. The molecule has 0 radical (unpaired) electrons. The van der Waals surface area contributed by atoms with Crippen LogP contribution < -0.4 is 9.80 Å². The molecule has 6 aromatic carbocycles. The molecule has 0 aliphatic carbocycles. The van der Waals surface area contributed by atoms with E-state index in [1.807, 2.05) is 36.4 Å². The molecule has 8 aromatic rings. The molecule has 0 bridgehead atoms. The Morgan fingerprint density at radius 2 is 0.886 bits per heavy atom. The van der Waals surface area contributed by atoms with Crippen LogP contribution in [0.5, 0.6) is 0 Å². The number of hydrogen-bond donors (Lipinski definition) is 0. The van der Waals surface area contributed by atoms with Crippen molar-refractivity contribution in [3.63, 3.8) is 0 Å². The van der Waals surface area contributed by atoms with Gasteiger partial charge in [0.15, 0.2) is 0 Å². The second-order valence-corrected chi connectivity index (χ2v) is 9.96. The van der Waals surface area contributed by atoms with Crippen molar-refractivity contribution in [2.24, 2.45) is 0 Å². The fraction of sp³-hybridized carbons (Fsp3) is 0. The number of benzene rings is 6. The van der Waals surface area contributed by atoms with E-state index in [0.717, 1.165) is 21.5 Å². The van der Waals surface area contributed by atoms with E-state index in [-0.39, 0.29) is 23.0 Å². The van der Waals surface area contributed by atoms with Crippen molar-refractivity contribution < 1.29 is 19.7 Å².